The van der Waals surface area contributed by atoms with Crippen LogP contribution < -0.4 is 0 Å². The molecule has 0 unspecified atom stereocenters. The fraction of sp³-hybridized carbons (Fsp3) is 0.647. The summed E-state index contributed by atoms with van der Waals surface area (Å²) in [5.41, 5.74) is 0.700. The molecule has 1 aromatic rings. The molecule has 0 atom stereocenters. The van der Waals surface area contributed by atoms with Crippen molar-refractivity contribution in [2.45, 2.75) is 63.2 Å². The van der Waals surface area contributed by atoms with E-state index in [-0.39, 0.29) is 0 Å². The van der Waals surface area contributed by atoms with E-state index in [1.165, 1.54) is 50.7 Å². The number of halogens is 5. The van der Waals surface area contributed by atoms with Gasteiger partial charge in [-0.15, -0.1) is 0 Å². The number of hydrogen-bond donors (Lipinski definition) is 0. The Morgan fingerprint density at radius 1 is 0.826 bits per heavy atom. The molecule has 1 aliphatic carbocycles. The second kappa shape index (κ2) is 5.94. The van der Waals surface area contributed by atoms with Gasteiger partial charge < -0.3 is 0 Å². The summed E-state index contributed by atoms with van der Waals surface area (Å²) in [5.74, 6) is 1.44. The zero-order chi connectivity index (χ0) is 17.2. The van der Waals surface area contributed by atoms with Crippen LogP contribution in [0, 0.1) is 11.8 Å². The largest absolute Gasteiger partial charge is 0.310 e. The lowest BCUT2D eigenvalue weighted by atomic mass is 9.78. The molecule has 1 aliphatic rings. The highest BCUT2D eigenvalue weighted by atomic mass is 32.5. The molecule has 0 aliphatic heterocycles. The first-order valence-corrected chi connectivity index (χ1v) is 10.3. The molecule has 1 aromatic carbocycles. The van der Waals surface area contributed by atoms with Gasteiger partial charge in [0, 0.05) is 0 Å². The summed E-state index contributed by atoms with van der Waals surface area (Å²) >= 11 is 0. The van der Waals surface area contributed by atoms with Gasteiger partial charge in [0.05, 0.1) is 0 Å². The zero-order valence-corrected chi connectivity index (χ0v) is 14.2. The average molecular weight is 356 g/mol. The molecule has 0 saturated heterocycles. The molecule has 1 fully saturated rings. The minimum absolute atomic E-state index is 0.523. The summed E-state index contributed by atoms with van der Waals surface area (Å²) in [7, 11) is -9.53. The number of rotatable bonds is 6. The maximum atomic E-state index is 12.7. The van der Waals surface area contributed by atoms with Crippen LogP contribution in [0.2, 0.25) is 0 Å². The highest BCUT2D eigenvalue weighted by Crippen LogP contribution is 3.02. The van der Waals surface area contributed by atoms with Gasteiger partial charge in [-0.3, -0.25) is 0 Å². The van der Waals surface area contributed by atoms with E-state index in [0.717, 1.165) is 12.3 Å². The van der Waals surface area contributed by atoms with Crippen LogP contribution in [-0.2, 0) is 6.42 Å². The lowest BCUT2D eigenvalue weighted by molar-refractivity contribution is 0.252. The van der Waals surface area contributed by atoms with Crippen LogP contribution in [0.5, 0.6) is 0 Å². The monoisotopic (exact) mass is 356 g/mol. The van der Waals surface area contributed by atoms with Gasteiger partial charge in [-0.05, 0) is 42.4 Å². The third kappa shape index (κ3) is 5.66. The van der Waals surface area contributed by atoms with Gasteiger partial charge in [0.2, 0.25) is 0 Å². The van der Waals surface area contributed by atoms with E-state index in [9.17, 15) is 19.4 Å². The predicted octanol–water partition coefficient (Wildman–Crippen LogP) is 7.88. The van der Waals surface area contributed by atoms with Crippen LogP contribution >= 0.6 is 10.2 Å². The third-order valence-corrected chi connectivity index (χ3v) is 6.04. The van der Waals surface area contributed by atoms with E-state index in [2.05, 4.69) is 6.92 Å². The first-order valence-electron chi connectivity index (χ1n) is 8.31. The van der Waals surface area contributed by atoms with E-state index >= 15 is 0 Å². The Morgan fingerprint density at radius 2 is 1.30 bits per heavy atom. The molecule has 0 amide bonds. The van der Waals surface area contributed by atoms with Gasteiger partial charge in [-0.2, -0.15) is 0 Å². The molecule has 0 spiro atoms. The van der Waals surface area contributed by atoms with Crippen molar-refractivity contribution >= 4 is 10.2 Å². The second-order valence-electron chi connectivity index (χ2n) is 6.83. The fourth-order valence-electron chi connectivity index (χ4n) is 3.50. The molecule has 0 bridgehead atoms. The standard InChI is InChI=1S/C17H25F5S/c1-2-3-14-4-6-15(7-5-14)8-9-16-10-12-17(13-11-16)23(18,19,20,21)22/h10-15H,2-9H2,1H3. The SMILES string of the molecule is CCCC1CCC(CCc2ccc(S(F)(F)(F)(F)F)cc2)CC1. The molecule has 0 radical (unpaired) electrons. The Labute approximate surface area is 135 Å². The normalized spacial score (nSPS) is 25.7. The summed E-state index contributed by atoms with van der Waals surface area (Å²) in [4.78, 5) is -1.80. The van der Waals surface area contributed by atoms with Crippen molar-refractivity contribution in [3.05, 3.63) is 29.8 Å². The third-order valence-electron chi connectivity index (χ3n) is 4.87. The molecule has 134 valence electrons. The lowest BCUT2D eigenvalue weighted by Gasteiger charge is -2.40. The maximum Gasteiger partial charge on any atom is 0.310 e. The van der Waals surface area contributed by atoms with Gasteiger partial charge in [0.15, 0.2) is 0 Å². The topological polar surface area (TPSA) is 0 Å². The van der Waals surface area contributed by atoms with Crippen LogP contribution in [-0.4, -0.2) is 0 Å². The van der Waals surface area contributed by atoms with Crippen molar-refractivity contribution in [1.82, 2.24) is 0 Å². The van der Waals surface area contributed by atoms with Gasteiger partial charge in [-0.25, -0.2) is 0 Å². The molecule has 0 aromatic heterocycles. The number of benzene rings is 1. The van der Waals surface area contributed by atoms with Crippen molar-refractivity contribution in [3.8, 4) is 0 Å². The van der Waals surface area contributed by atoms with Crippen molar-refractivity contribution in [3.63, 3.8) is 0 Å². The van der Waals surface area contributed by atoms with Crippen LogP contribution in [0.4, 0.5) is 19.4 Å². The van der Waals surface area contributed by atoms with Gasteiger partial charge >= 0.3 is 10.2 Å². The van der Waals surface area contributed by atoms with Crippen LogP contribution in [0.15, 0.2) is 29.2 Å². The molecule has 6 heteroatoms. The summed E-state index contributed by atoms with van der Waals surface area (Å²) in [5, 5.41) is 0. The molecule has 2 rings (SSSR count). The van der Waals surface area contributed by atoms with E-state index in [1.54, 1.807) is 0 Å². The smallest absolute Gasteiger partial charge is 0.0936 e. The summed E-state index contributed by atoms with van der Waals surface area (Å²) in [6.07, 6.45) is 8.90. The van der Waals surface area contributed by atoms with Gasteiger partial charge in [-0.1, -0.05) is 77.0 Å². The quantitative estimate of drug-likeness (QED) is 0.455. The Bertz CT molecular complexity index is 512. The Morgan fingerprint density at radius 3 is 1.74 bits per heavy atom. The Hall–Kier alpha value is -0.780. The molecule has 0 heterocycles. The van der Waals surface area contributed by atoms with Crippen molar-refractivity contribution in [2.75, 3.05) is 0 Å². The van der Waals surface area contributed by atoms with Crippen LogP contribution in [0.3, 0.4) is 0 Å². The molecule has 23 heavy (non-hydrogen) atoms. The van der Waals surface area contributed by atoms with Gasteiger partial charge in [0.25, 0.3) is 0 Å². The van der Waals surface area contributed by atoms with Crippen molar-refractivity contribution < 1.29 is 19.4 Å². The second-order valence-corrected chi connectivity index (χ2v) is 9.24. The zero-order valence-electron chi connectivity index (χ0n) is 13.4. The van der Waals surface area contributed by atoms with E-state index in [1.807, 2.05) is 0 Å². The van der Waals surface area contributed by atoms with Crippen molar-refractivity contribution in [1.29, 1.82) is 0 Å². The number of aryl methyl sites for hydroxylation is 1. The first-order chi connectivity index (χ1) is 10.5. The molecule has 1 saturated carbocycles. The van der Waals surface area contributed by atoms with Crippen LogP contribution in [0.1, 0.15) is 57.4 Å². The van der Waals surface area contributed by atoms with Gasteiger partial charge in [0.1, 0.15) is 4.90 Å². The maximum absolute atomic E-state index is 12.7. The Balaban J connectivity index is 1.86. The van der Waals surface area contributed by atoms with Crippen molar-refractivity contribution in [2.24, 2.45) is 11.8 Å². The minimum atomic E-state index is -9.53. The molecular formula is C17H25F5S. The highest BCUT2D eigenvalue weighted by Gasteiger charge is 2.65. The summed E-state index contributed by atoms with van der Waals surface area (Å²) in [6.45, 7) is 2.20. The molecule has 0 nitrogen and oxygen atoms in total. The average Bonchev–Trinajstić information content (AvgIpc) is 2.45. The fourth-order valence-corrected chi connectivity index (χ4v) is 4.15. The molecular weight excluding hydrogens is 331 g/mol. The van der Waals surface area contributed by atoms with E-state index in [4.69, 9.17) is 0 Å². The van der Waals surface area contributed by atoms with E-state index < -0.39 is 15.1 Å². The Kier molecular flexibility index (Phi) is 4.79. The highest BCUT2D eigenvalue weighted by molar-refractivity contribution is 8.45. The minimum Gasteiger partial charge on any atom is -0.0936 e. The first kappa shape index (κ1) is 18.6. The molecule has 0 N–H and O–H groups in total. The number of hydrogen-bond acceptors (Lipinski definition) is 0. The lowest BCUT2D eigenvalue weighted by Crippen LogP contribution is -2.15. The van der Waals surface area contributed by atoms with Crippen LogP contribution in [0.25, 0.3) is 0 Å². The summed E-state index contributed by atoms with van der Waals surface area (Å²) < 4.78 is 63.3. The summed E-state index contributed by atoms with van der Waals surface area (Å²) in [6, 6.07) is 3.43. The predicted molar refractivity (Wildman–Crippen MR) is 86.5 cm³/mol. The van der Waals surface area contributed by atoms with E-state index in [0.29, 0.717) is 30.0 Å².